The molecule has 1 aromatic heterocycles. The van der Waals surface area contributed by atoms with E-state index in [0.29, 0.717) is 39.8 Å². The number of carbonyl (C=O) groups excluding carboxylic acids is 1. The van der Waals surface area contributed by atoms with Gasteiger partial charge in [0.1, 0.15) is 17.9 Å². The van der Waals surface area contributed by atoms with Crippen LogP contribution in [0.15, 0.2) is 71.8 Å². The van der Waals surface area contributed by atoms with Gasteiger partial charge in [0.25, 0.3) is 5.91 Å². The number of nitrogens with one attached hydrogen (secondary N) is 3. The quantitative estimate of drug-likeness (QED) is 0.121. The minimum atomic E-state index is -5.03. The van der Waals surface area contributed by atoms with Crippen molar-refractivity contribution in [2.45, 2.75) is 23.8 Å². The molecule has 2 aliphatic rings. The number of para-hydroxylation sites is 1. The monoisotopic (exact) mass is 784 g/mol. The van der Waals surface area contributed by atoms with Gasteiger partial charge in [-0.3, -0.25) is 9.69 Å². The van der Waals surface area contributed by atoms with Gasteiger partial charge in [0.05, 0.1) is 41.0 Å². The fourth-order valence-electron chi connectivity index (χ4n) is 6.65. The number of piperazine rings is 1. The molecule has 3 N–H and O–H groups in total. The number of methoxy groups -OCH3 is 1. The molecule has 13 nitrogen and oxygen atoms in total. The highest BCUT2D eigenvalue weighted by atomic mass is 35.5. The maximum absolute atomic E-state index is 13.8. The van der Waals surface area contributed by atoms with E-state index in [-0.39, 0.29) is 22.4 Å². The van der Waals surface area contributed by atoms with Crippen molar-refractivity contribution in [3.63, 3.8) is 0 Å². The van der Waals surface area contributed by atoms with Crippen LogP contribution >= 0.6 is 18.7 Å². The number of ether oxygens (including phenoxy) is 1. The van der Waals surface area contributed by atoms with E-state index in [4.69, 9.17) is 16.3 Å². The van der Waals surface area contributed by atoms with Crippen LogP contribution in [-0.2, 0) is 14.8 Å². The molecule has 0 unspecified atom stereocenters. The van der Waals surface area contributed by atoms with Gasteiger partial charge in [-0.05, 0) is 69.6 Å². The molecule has 0 aliphatic carbocycles. The highest BCUT2D eigenvalue weighted by molar-refractivity contribution is 7.86. The van der Waals surface area contributed by atoms with Crippen LogP contribution in [0.25, 0.3) is 0 Å². The van der Waals surface area contributed by atoms with E-state index < -0.39 is 28.2 Å². The second-order valence-corrected chi connectivity index (χ2v) is 18.5. The molecule has 17 heteroatoms. The summed E-state index contributed by atoms with van der Waals surface area (Å²) in [5, 5.41) is 10.2. The zero-order valence-electron chi connectivity index (χ0n) is 30.0. The van der Waals surface area contributed by atoms with Gasteiger partial charge in [0.15, 0.2) is 5.82 Å². The molecular weight excluding hydrogens is 742 g/mol. The minimum absolute atomic E-state index is 0.0329. The van der Waals surface area contributed by atoms with Gasteiger partial charge in [0.2, 0.25) is 5.95 Å². The first kappa shape index (κ1) is 38.5. The molecule has 0 spiro atoms. The van der Waals surface area contributed by atoms with Crippen LogP contribution in [-0.4, -0.2) is 107 Å². The third-order valence-electron chi connectivity index (χ3n) is 9.53. The van der Waals surface area contributed by atoms with Gasteiger partial charge < -0.3 is 35.1 Å². The second kappa shape index (κ2) is 16.0. The Balaban J connectivity index is 1.31. The number of likely N-dealkylation sites (N-methyl/N-ethyl adjacent to an activating group) is 1. The van der Waals surface area contributed by atoms with Crippen molar-refractivity contribution in [1.29, 1.82) is 0 Å². The highest BCUT2D eigenvalue weighted by Crippen LogP contribution is 2.41. The molecule has 0 atom stereocenters. The second-order valence-electron chi connectivity index (χ2n) is 13.6. The van der Waals surface area contributed by atoms with Crippen molar-refractivity contribution in [3.8, 4) is 5.75 Å². The van der Waals surface area contributed by atoms with Gasteiger partial charge in [0, 0.05) is 62.2 Å². The maximum Gasteiger partial charge on any atom is 0.332 e. The lowest BCUT2D eigenvalue weighted by Gasteiger charge is -2.43. The van der Waals surface area contributed by atoms with Crippen LogP contribution < -0.4 is 30.9 Å². The van der Waals surface area contributed by atoms with Crippen LogP contribution in [0.2, 0.25) is 5.02 Å². The average molecular weight is 785 g/mol. The van der Waals surface area contributed by atoms with Crippen molar-refractivity contribution in [3.05, 3.63) is 77.4 Å². The van der Waals surface area contributed by atoms with Crippen molar-refractivity contribution in [1.82, 2.24) is 19.8 Å². The Hall–Kier alpha value is -4.27. The SMILES string of the molecule is COc1cc(N2CCC(N3CCN(C)CC3)CC2)c(NC(=O)c2cccc(S(=O)(=O)F)c2)cc1Nc1ncc(Cl)c(Nc2ccccc2P(C)(C)=O)n1. The lowest BCUT2D eigenvalue weighted by atomic mass is 10.0. The van der Waals surface area contributed by atoms with Gasteiger partial charge in [-0.15, -0.1) is 3.89 Å². The largest absolute Gasteiger partial charge is 0.494 e. The van der Waals surface area contributed by atoms with E-state index in [2.05, 4.69) is 47.7 Å². The first-order valence-electron chi connectivity index (χ1n) is 17.2. The molecule has 53 heavy (non-hydrogen) atoms. The summed E-state index contributed by atoms with van der Waals surface area (Å²) in [6.45, 7) is 8.95. The molecular formula is C36H43ClFN8O5PS. The molecule has 2 aliphatic heterocycles. The number of hydrogen-bond donors (Lipinski definition) is 3. The number of amides is 1. The summed E-state index contributed by atoms with van der Waals surface area (Å²) >= 11 is 6.50. The lowest BCUT2D eigenvalue weighted by Crippen LogP contribution is -2.52. The van der Waals surface area contributed by atoms with Crippen LogP contribution in [0, 0.1) is 0 Å². The predicted octanol–water partition coefficient (Wildman–Crippen LogP) is 6.00. The smallest absolute Gasteiger partial charge is 0.332 e. The Morgan fingerprint density at radius 3 is 2.34 bits per heavy atom. The number of benzene rings is 3. The highest BCUT2D eigenvalue weighted by Gasteiger charge is 2.29. The minimum Gasteiger partial charge on any atom is -0.494 e. The van der Waals surface area contributed by atoms with E-state index >= 15 is 0 Å². The first-order chi connectivity index (χ1) is 25.2. The molecule has 0 radical (unpaired) electrons. The fourth-order valence-corrected chi connectivity index (χ4v) is 8.45. The molecule has 4 aromatic rings. The van der Waals surface area contributed by atoms with Crippen molar-refractivity contribution in [2.75, 3.05) is 87.6 Å². The number of anilines is 6. The molecule has 282 valence electrons. The third-order valence-corrected chi connectivity index (χ3v) is 12.2. The molecule has 3 heterocycles. The lowest BCUT2D eigenvalue weighted by molar-refractivity contribution is 0.0981. The number of carbonyl (C=O) groups is 1. The molecule has 0 saturated carbocycles. The summed E-state index contributed by atoms with van der Waals surface area (Å²) in [5.41, 5.74) is 2.09. The van der Waals surface area contributed by atoms with E-state index in [1.54, 1.807) is 31.5 Å². The summed E-state index contributed by atoms with van der Waals surface area (Å²) in [4.78, 5) is 29.0. The van der Waals surface area contributed by atoms with Crippen molar-refractivity contribution >= 4 is 74.7 Å². The average Bonchev–Trinajstić information content (AvgIpc) is 3.13. The summed E-state index contributed by atoms with van der Waals surface area (Å²) < 4.78 is 55.9. The molecule has 6 rings (SSSR count). The number of piperidine rings is 1. The number of rotatable bonds is 11. The number of halogens is 2. The summed E-state index contributed by atoms with van der Waals surface area (Å²) in [7, 11) is -3.99. The van der Waals surface area contributed by atoms with Crippen LogP contribution in [0.5, 0.6) is 5.75 Å². The number of hydrogen-bond acceptors (Lipinski definition) is 12. The Bertz CT molecular complexity index is 2140. The number of nitrogens with zero attached hydrogens (tertiary/aromatic N) is 5. The zero-order chi connectivity index (χ0) is 37.9. The molecule has 2 fully saturated rings. The van der Waals surface area contributed by atoms with Gasteiger partial charge in [-0.2, -0.15) is 13.4 Å². The van der Waals surface area contributed by atoms with Crippen molar-refractivity contribution in [2.24, 2.45) is 0 Å². The Kier molecular flexibility index (Phi) is 11.6. The normalized spacial score (nSPS) is 16.3. The van der Waals surface area contributed by atoms with Crippen LogP contribution in [0.4, 0.5) is 38.4 Å². The molecule has 2 saturated heterocycles. The topological polar surface area (TPSA) is 149 Å². The molecule has 3 aromatic carbocycles. The van der Waals surface area contributed by atoms with Gasteiger partial charge >= 0.3 is 10.2 Å². The van der Waals surface area contributed by atoms with Gasteiger partial charge in [-0.25, -0.2) is 4.98 Å². The standard InChI is InChI=1S/C36H43ClFN8O5PS/c1-44-16-18-45(19-17-44)25-12-14-46(15-13-25)31-22-32(51-2)30(21-29(31)41-35(47)24-8-7-9-26(20-24)53(38,49)50)42-36-39-23-27(37)34(43-36)40-28-10-5-6-11-33(28)52(3,4)48/h5-11,20-23,25H,12-19H2,1-4H3,(H,41,47)(H2,39,40,42,43). The molecule has 1 amide bonds. The Morgan fingerprint density at radius 1 is 0.943 bits per heavy atom. The first-order valence-corrected chi connectivity index (χ1v) is 21.5. The Labute approximate surface area is 314 Å². The predicted molar refractivity (Wildman–Crippen MR) is 209 cm³/mol. The third kappa shape index (κ3) is 9.28. The fraction of sp³-hybridized carbons (Fsp3) is 0.361. The Morgan fingerprint density at radius 2 is 1.66 bits per heavy atom. The van der Waals surface area contributed by atoms with Gasteiger partial charge in [-0.1, -0.05) is 29.8 Å². The van der Waals surface area contributed by atoms with E-state index in [0.717, 1.165) is 64.2 Å². The molecule has 0 bridgehead atoms. The zero-order valence-corrected chi connectivity index (χ0v) is 32.4. The van der Waals surface area contributed by atoms with Crippen molar-refractivity contribution < 1.29 is 26.4 Å². The van der Waals surface area contributed by atoms with E-state index in [1.807, 2.05) is 18.2 Å². The number of aromatic nitrogens is 2. The van der Waals surface area contributed by atoms with E-state index in [9.17, 15) is 21.7 Å². The van der Waals surface area contributed by atoms with Crippen LogP contribution in [0.1, 0.15) is 23.2 Å². The van der Waals surface area contributed by atoms with Crippen LogP contribution in [0.3, 0.4) is 0 Å². The van der Waals surface area contributed by atoms with E-state index in [1.165, 1.54) is 25.4 Å². The summed E-state index contributed by atoms with van der Waals surface area (Å²) in [5.74, 6) is 0.251. The summed E-state index contributed by atoms with van der Waals surface area (Å²) in [6.07, 6.45) is 3.29. The maximum atomic E-state index is 13.8. The summed E-state index contributed by atoms with van der Waals surface area (Å²) in [6, 6.07) is 16.0.